The highest BCUT2D eigenvalue weighted by Gasteiger charge is 2.52. The van der Waals surface area contributed by atoms with E-state index in [0.29, 0.717) is 5.46 Å². The van der Waals surface area contributed by atoms with Gasteiger partial charge in [0.2, 0.25) is 10.0 Å². The van der Waals surface area contributed by atoms with Crippen LogP contribution in [0.4, 0.5) is 0 Å². The van der Waals surface area contributed by atoms with Crippen molar-refractivity contribution < 1.29 is 17.7 Å². The van der Waals surface area contributed by atoms with Gasteiger partial charge in [-0.25, -0.2) is 13.1 Å². The van der Waals surface area contributed by atoms with Crippen LogP contribution in [0.1, 0.15) is 40.5 Å². The third-order valence-corrected chi connectivity index (χ3v) is 6.21. The van der Waals surface area contributed by atoms with Gasteiger partial charge in [0, 0.05) is 11.5 Å². The Labute approximate surface area is 132 Å². The Morgan fingerprint density at radius 2 is 1.64 bits per heavy atom. The molecule has 1 saturated heterocycles. The summed E-state index contributed by atoms with van der Waals surface area (Å²) >= 11 is 0. The van der Waals surface area contributed by atoms with Crippen LogP contribution < -0.4 is 10.2 Å². The predicted molar refractivity (Wildman–Crippen MR) is 85.5 cm³/mol. The molecule has 1 aliphatic heterocycles. The monoisotopic (exact) mass is 323 g/mol. The number of benzene rings is 1. The van der Waals surface area contributed by atoms with Crippen LogP contribution in [0.2, 0.25) is 0 Å². The second kappa shape index (κ2) is 5.06. The molecule has 2 fully saturated rings. The average molecular weight is 323 g/mol. The van der Waals surface area contributed by atoms with Gasteiger partial charge in [-0.2, -0.15) is 0 Å². The summed E-state index contributed by atoms with van der Waals surface area (Å²) in [6.45, 7) is 7.80. The van der Waals surface area contributed by atoms with Crippen LogP contribution in [0.5, 0.6) is 0 Å². The summed E-state index contributed by atoms with van der Waals surface area (Å²) in [7, 11) is -4.23. The fourth-order valence-corrected chi connectivity index (χ4v) is 3.91. The molecule has 0 atom stereocenters. The van der Waals surface area contributed by atoms with Crippen LogP contribution in [0.15, 0.2) is 29.2 Å². The van der Waals surface area contributed by atoms with Crippen molar-refractivity contribution >= 4 is 22.6 Å². The molecule has 1 aliphatic carbocycles. The zero-order valence-electron chi connectivity index (χ0n) is 13.4. The number of nitrogens with one attached hydrogen (secondary N) is 1. The first-order valence-electron chi connectivity index (χ1n) is 7.59. The maximum Gasteiger partial charge on any atom is 0.496 e. The van der Waals surface area contributed by atoms with Crippen molar-refractivity contribution in [1.82, 2.24) is 4.72 Å². The molecule has 1 aromatic carbocycles. The molecule has 22 heavy (non-hydrogen) atoms. The van der Waals surface area contributed by atoms with Gasteiger partial charge < -0.3 is 9.31 Å². The molecular weight excluding hydrogens is 301 g/mol. The molecule has 1 saturated carbocycles. The molecule has 1 N–H and O–H groups in total. The number of sulfonamides is 1. The predicted octanol–water partition coefficient (Wildman–Crippen LogP) is 1.43. The summed E-state index contributed by atoms with van der Waals surface area (Å²) in [5.74, 6) is 0. The van der Waals surface area contributed by atoms with Crippen molar-refractivity contribution in [3.05, 3.63) is 24.3 Å². The van der Waals surface area contributed by atoms with Gasteiger partial charge in [-0.05, 0) is 46.6 Å². The Hall–Kier alpha value is -0.885. The molecule has 0 amide bonds. The number of hydrogen-bond acceptors (Lipinski definition) is 4. The summed E-state index contributed by atoms with van der Waals surface area (Å²) in [6.07, 6.45) is 1.80. The van der Waals surface area contributed by atoms with E-state index < -0.39 is 28.3 Å². The van der Waals surface area contributed by atoms with Crippen molar-refractivity contribution in [3.63, 3.8) is 0 Å². The molecule has 0 aromatic heterocycles. The van der Waals surface area contributed by atoms with Gasteiger partial charge in [0.1, 0.15) is 0 Å². The van der Waals surface area contributed by atoms with Crippen molar-refractivity contribution in [2.45, 2.75) is 62.7 Å². The highest BCUT2D eigenvalue weighted by atomic mass is 32.2. The fourth-order valence-electron chi connectivity index (χ4n) is 2.37. The van der Waals surface area contributed by atoms with Crippen LogP contribution in [-0.4, -0.2) is 32.8 Å². The van der Waals surface area contributed by atoms with E-state index in [1.54, 1.807) is 24.3 Å². The van der Waals surface area contributed by atoms with Crippen LogP contribution >= 0.6 is 0 Å². The molecule has 0 spiro atoms. The smallest absolute Gasteiger partial charge is 0.399 e. The first-order valence-corrected chi connectivity index (χ1v) is 9.08. The van der Waals surface area contributed by atoms with Crippen LogP contribution in [-0.2, 0) is 19.3 Å². The van der Waals surface area contributed by atoms with Gasteiger partial charge in [-0.15, -0.1) is 0 Å². The Morgan fingerprint density at radius 1 is 1.09 bits per heavy atom. The van der Waals surface area contributed by atoms with E-state index in [1.165, 1.54) is 0 Å². The molecule has 0 unspecified atom stereocenters. The van der Waals surface area contributed by atoms with Crippen molar-refractivity contribution in [2.24, 2.45) is 0 Å². The highest BCUT2D eigenvalue weighted by molar-refractivity contribution is 7.89. The Balaban J connectivity index is 1.96. The van der Waals surface area contributed by atoms with E-state index >= 15 is 0 Å². The molecule has 3 rings (SSSR count). The summed E-state index contributed by atoms with van der Waals surface area (Å²) in [4.78, 5) is 0.236. The number of rotatable bonds is 4. The molecule has 1 aromatic rings. The molecule has 0 radical (unpaired) electrons. The van der Waals surface area contributed by atoms with Crippen molar-refractivity contribution in [1.29, 1.82) is 0 Å². The highest BCUT2D eigenvalue weighted by Crippen LogP contribution is 2.37. The number of hydrogen-bond donors (Lipinski definition) is 1. The topological polar surface area (TPSA) is 64.6 Å². The van der Waals surface area contributed by atoms with E-state index in [9.17, 15) is 8.42 Å². The van der Waals surface area contributed by atoms with Gasteiger partial charge in [-0.3, -0.25) is 0 Å². The van der Waals surface area contributed by atoms with Gasteiger partial charge in [-0.1, -0.05) is 18.2 Å². The maximum atomic E-state index is 12.6. The van der Waals surface area contributed by atoms with Crippen LogP contribution in [0, 0.1) is 0 Å². The Morgan fingerprint density at radius 3 is 2.18 bits per heavy atom. The van der Waals surface area contributed by atoms with Gasteiger partial charge in [0.25, 0.3) is 0 Å². The van der Waals surface area contributed by atoms with Gasteiger partial charge >= 0.3 is 7.12 Å². The molecule has 1 heterocycles. The Bertz CT molecular complexity index is 667. The lowest BCUT2D eigenvalue weighted by atomic mass is 9.79. The molecular formula is C15H22BNO4S. The minimum absolute atomic E-state index is 0.0661. The molecule has 2 aliphatic rings. The minimum atomic E-state index is -3.55. The first-order chi connectivity index (χ1) is 10.1. The zero-order chi connectivity index (χ0) is 16.2. The van der Waals surface area contributed by atoms with Crippen molar-refractivity contribution in [3.8, 4) is 0 Å². The SMILES string of the molecule is CC1(C)OB(c2ccccc2S(=O)(=O)NC2CC2)OC1(C)C. The van der Waals surface area contributed by atoms with E-state index in [2.05, 4.69) is 4.72 Å². The van der Waals surface area contributed by atoms with E-state index in [4.69, 9.17) is 9.31 Å². The molecule has 0 bridgehead atoms. The lowest BCUT2D eigenvalue weighted by molar-refractivity contribution is 0.00578. The zero-order valence-corrected chi connectivity index (χ0v) is 14.2. The fraction of sp³-hybridized carbons (Fsp3) is 0.600. The quantitative estimate of drug-likeness (QED) is 0.852. The largest absolute Gasteiger partial charge is 0.496 e. The standard InChI is InChI=1S/C15H22BNO4S/c1-14(2)15(3,4)21-16(20-14)12-7-5-6-8-13(12)22(18,19)17-11-9-10-11/h5-8,11,17H,9-10H2,1-4H3. The lowest BCUT2D eigenvalue weighted by Gasteiger charge is -2.32. The second-order valence-corrected chi connectivity index (χ2v) is 8.70. The second-order valence-electron chi connectivity index (χ2n) is 7.02. The lowest BCUT2D eigenvalue weighted by Crippen LogP contribution is -2.41. The van der Waals surface area contributed by atoms with E-state index in [0.717, 1.165) is 12.8 Å². The summed E-state index contributed by atoms with van der Waals surface area (Å²) < 4.78 is 39.8. The summed E-state index contributed by atoms with van der Waals surface area (Å²) in [5, 5.41) is 0. The van der Waals surface area contributed by atoms with Crippen LogP contribution in [0.25, 0.3) is 0 Å². The van der Waals surface area contributed by atoms with Crippen LogP contribution in [0.3, 0.4) is 0 Å². The first kappa shape index (κ1) is 16.0. The average Bonchev–Trinajstić information content (AvgIpc) is 3.16. The minimum Gasteiger partial charge on any atom is -0.399 e. The third-order valence-electron chi connectivity index (χ3n) is 4.61. The van der Waals surface area contributed by atoms with E-state index in [1.807, 2.05) is 27.7 Å². The molecule has 5 nitrogen and oxygen atoms in total. The van der Waals surface area contributed by atoms with E-state index in [-0.39, 0.29) is 10.9 Å². The van der Waals surface area contributed by atoms with Gasteiger partial charge in [0.05, 0.1) is 16.1 Å². The third kappa shape index (κ3) is 2.83. The molecule has 7 heteroatoms. The normalized spacial score (nSPS) is 23.7. The maximum absolute atomic E-state index is 12.6. The van der Waals surface area contributed by atoms with Crippen molar-refractivity contribution in [2.75, 3.05) is 0 Å². The molecule has 120 valence electrons. The summed E-state index contributed by atoms with van der Waals surface area (Å²) in [5.41, 5.74) is -0.453. The Kier molecular flexibility index (Phi) is 3.68. The summed E-state index contributed by atoms with van der Waals surface area (Å²) in [6, 6.07) is 6.94. The van der Waals surface area contributed by atoms with Gasteiger partial charge in [0.15, 0.2) is 0 Å².